The van der Waals surface area contributed by atoms with Crippen LogP contribution in [0.4, 0.5) is 5.95 Å². The first kappa shape index (κ1) is 15.9. The Morgan fingerprint density at radius 1 is 0.926 bits per heavy atom. The van der Waals surface area contributed by atoms with Crippen LogP contribution in [-0.2, 0) is 0 Å². The van der Waals surface area contributed by atoms with Crippen molar-refractivity contribution in [2.24, 2.45) is 0 Å². The smallest absolute Gasteiger partial charge is 0.223 e. The summed E-state index contributed by atoms with van der Waals surface area (Å²) in [5.74, 6) is 1.66. The molecular weight excluding hydrogens is 336 g/mol. The Bertz CT molecular complexity index is 1140. The molecule has 1 aliphatic rings. The standard InChI is InChI=1S/C21H20N6/c1-12-10-16(11-13(2)23-12)17-18(14-6-4-3-5-7-14)24-21(22)27-20(17)25-19(26-27)15-8-9-15/h3-7,10-11,15H,8-9H2,1-2H3,(H2,22,24). The molecule has 134 valence electrons. The molecule has 0 spiro atoms. The fourth-order valence-corrected chi connectivity index (χ4v) is 3.54. The fourth-order valence-electron chi connectivity index (χ4n) is 3.54. The molecule has 1 aliphatic carbocycles. The molecule has 3 aromatic heterocycles. The number of benzene rings is 1. The molecule has 6 nitrogen and oxygen atoms in total. The lowest BCUT2D eigenvalue weighted by molar-refractivity contribution is 0.872. The highest BCUT2D eigenvalue weighted by Gasteiger charge is 2.30. The van der Waals surface area contributed by atoms with Gasteiger partial charge in [0.25, 0.3) is 0 Å². The van der Waals surface area contributed by atoms with Crippen molar-refractivity contribution in [1.29, 1.82) is 0 Å². The molecule has 0 bridgehead atoms. The van der Waals surface area contributed by atoms with E-state index in [-0.39, 0.29) is 0 Å². The molecule has 5 rings (SSSR count). The Labute approximate surface area is 157 Å². The van der Waals surface area contributed by atoms with Gasteiger partial charge in [-0.25, -0.2) is 9.97 Å². The van der Waals surface area contributed by atoms with Crippen molar-refractivity contribution in [1.82, 2.24) is 24.6 Å². The first-order valence-corrected chi connectivity index (χ1v) is 9.17. The highest BCUT2D eigenvalue weighted by atomic mass is 15.4. The molecule has 1 aromatic carbocycles. The third kappa shape index (κ3) is 2.73. The van der Waals surface area contributed by atoms with Gasteiger partial charge in [0, 0.05) is 22.9 Å². The second kappa shape index (κ2) is 5.87. The summed E-state index contributed by atoms with van der Waals surface area (Å²) < 4.78 is 1.68. The quantitative estimate of drug-likeness (QED) is 0.601. The van der Waals surface area contributed by atoms with Crippen molar-refractivity contribution < 1.29 is 0 Å². The first-order chi connectivity index (χ1) is 13.1. The number of nitrogen functional groups attached to an aromatic ring is 1. The average molecular weight is 356 g/mol. The summed E-state index contributed by atoms with van der Waals surface area (Å²) in [5, 5.41) is 4.64. The monoisotopic (exact) mass is 356 g/mol. The number of hydrogen-bond donors (Lipinski definition) is 1. The van der Waals surface area contributed by atoms with E-state index in [0.29, 0.717) is 11.9 Å². The SMILES string of the molecule is Cc1cc(-c2c(-c3ccccc3)nc(N)n3nc(C4CC4)nc23)cc(C)n1. The Morgan fingerprint density at radius 3 is 2.30 bits per heavy atom. The van der Waals surface area contributed by atoms with Gasteiger partial charge in [-0.1, -0.05) is 30.3 Å². The number of aromatic nitrogens is 5. The molecule has 0 amide bonds. The van der Waals surface area contributed by atoms with Gasteiger partial charge < -0.3 is 5.73 Å². The van der Waals surface area contributed by atoms with Gasteiger partial charge in [0.15, 0.2) is 11.5 Å². The minimum atomic E-state index is 0.356. The van der Waals surface area contributed by atoms with E-state index in [4.69, 9.17) is 15.7 Å². The van der Waals surface area contributed by atoms with Crippen LogP contribution in [0.5, 0.6) is 0 Å². The Balaban J connectivity index is 1.87. The van der Waals surface area contributed by atoms with E-state index in [9.17, 15) is 0 Å². The van der Waals surface area contributed by atoms with Gasteiger partial charge in [0.1, 0.15) is 0 Å². The predicted molar refractivity (Wildman–Crippen MR) is 105 cm³/mol. The van der Waals surface area contributed by atoms with E-state index in [0.717, 1.165) is 58.1 Å². The van der Waals surface area contributed by atoms with Crippen molar-refractivity contribution >= 4 is 11.6 Å². The highest BCUT2D eigenvalue weighted by molar-refractivity contribution is 5.90. The first-order valence-electron chi connectivity index (χ1n) is 9.17. The molecule has 1 fully saturated rings. The predicted octanol–water partition coefficient (Wildman–Crippen LogP) is 3.93. The van der Waals surface area contributed by atoms with E-state index in [1.165, 1.54) is 0 Å². The van der Waals surface area contributed by atoms with Crippen molar-refractivity contribution in [3.63, 3.8) is 0 Å². The van der Waals surface area contributed by atoms with E-state index in [1.54, 1.807) is 4.52 Å². The zero-order chi connectivity index (χ0) is 18.5. The third-order valence-corrected chi connectivity index (χ3v) is 4.89. The summed E-state index contributed by atoms with van der Waals surface area (Å²) in [6.07, 6.45) is 2.27. The van der Waals surface area contributed by atoms with Gasteiger partial charge in [-0.3, -0.25) is 4.98 Å². The van der Waals surface area contributed by atoms with Crippen molar-refractivity contribution in [2.75, 3.05) is 5.73 Å². The number of anilines is 1. The van der Waals surface area contributed by atoms with Crippen LogP contribution in [0.15, 0.2) is 42.5 Å². The summed E-state index contributed by atoms with van der Waals surface area (Å²) in [4.78, 5) is 14.1. The van der Waals surface area contributed by atoms with E-state index in [2.05, 4.69) is 22.2 Å². The molecule has 4 aromatic rings. The fraction of sp³-hybridized carbons (Fsp3) is 0.238. The maximum Gasteiger partial charge on any atom is 0.223 e. The van der Waals surface area contributed by atoms with Crippen LogP contribution in [0, 0.1) is 13.8 Å². The Morgan fingerprint density at radius 2 is 1.63 bits per heavy atom. The van der Waals surface area contributed by atoms with Gasteiger partial charge in [-0.2, -0.15) is 4.52 Å². The van der Waals surface area contributed by atoms with Crippen molar-refractivity contribution in [2.45, 2.75) is 32.6 Å². The molecule has 2 N–H and O–H groups in total. The maximum absolute atomic E-state index is 6.27. The van der Waals surface area contributed by atoms with Gasteiger partial charge >= 0.3 is 0 Å². The summed E-state index contributed by atoms with van der Waals surface area (Å²) in [6.45, 7) is 4.00. The summed E-state index contributed by atoms with van der Waals surface area (Å²) in [5.41, 5.74) is 12.8. The lowest BCUT2D eigenvalue weighted by Crippen LogP contribution is -2.06. The lowest BCUT2D eigenvalue weighted by Gasteiger charge is -2.13. The van der Waals surface area contributed by atoms with Crippen LogP contribution >= 0.6 is 0 Å². The molecule has 0 unspecified atom stereocenters. The second-order valence-electron chi connectivity index (χ2n) is 7.18. The summed E-state index contributed by atoms with van der Waals surface area (Å²) >= 11 is 0. The molecular formula is C21H20N6. The van der Waals surface area contributed by atoms with Crippen LogP contribution in [0.2, 0.25) is 0 Å². The molecule has 6 heteroatoms. The molecule has 0 radical (unpaired) electrons. The lowest BCUT2D eigenvalue weighted by atomic mass is 9.99. The number of aryl methyl sites for hydroxylation is 2. The number of nitrogens with two attached hydrogens (primary N) is 1. The summed E-state index contributed by atoms with van der Waals surface area (Å²) in [7, 11) is 0. The second-order valence-corrected chi connectivity index (χ2v) is 7.18. The zero-order valence-electron chi connectivity index (χ0n) is 15.3. The zero-order valence-corrected chi connectivity index (χ0v) is 15.3. The minimum Gasteiger partial charge on any atom is -0.368 e. The number of rotatable bonds is 3. The van der Waals surface area contributed by atoms with Crippen LogP contribution in [-0.4, -0.2) is 24.6 Å². The topological polar surface area (TPSA) is 82.0 Å². The maximum atomic E-state index is 6.27. The van der Waals surface area contributed by atoms with Crippen molar-refractivity contribution in [3.8, 4) is 22.4 Å². The van der Waals surface area contributed by atoms with Gasteiger partial charge in [-0.05, 0) is 44.4 Å². The molecule has 1 saturated carbocycles. The van der Waals surface area contributed by atoms with Crippen LogP contribution in [0.25, 0.3) is 28.0 Å². The normalized spacial score (nSPS) is 14.0. The molecule has 27 heavy (non-hydrogen) atoms. The molecule has 3 heterocycles. The molecule has 0 saturated heterocycles. The number of fused-ring (bicyclic) bond motifs is 1. The number of hydrogen-bond acceptors (Lipinski definition) is 5. The Kier molecular flexibility index (Phi) is 3.47. The number of pyridine rings is 1. The average Bonchev–Trinajstić information content (AvgIpc) is 3.40. The van der Waals surface area contributed by atoms with E-state index < -0.39 is 0 Å². The van der Waals surface area contributed by atoms with Crippen LogP contribution < -0.4 is 5.73 Å². The van der Waals surface area contributed by atoms with Gasteiger partial charge in [0.2, 0.25) is 5.95 Å². The van der Waals surface area contributed by atoms with E-state index >= 15 is 0 Å². The summed E-state index contributed by atoms with van der Waals surface area (Å²) in [6, 6.07) is 14.2. The molecule has 0 aliphatic heterocycles. The van der Waals surface area contributed by atoms with E-state index in [1.807, 2.05) is 44.2 Å². The van der Waals surface area contributed by atoms with Gasteiger partial charge in [-0.15, -0.1) is 5.10 Å². The van der Waals surface area contributed by atoms with Crippen molar-refractivity contribution in [3.05, 3.63) is 59.7 Å². The Hall–Kier alpha value is -3.28. The molecule has 0 atom stereocenters. The minimum absolute atomic E-state index is 0.356. The largest absolute Gasteiger partial charge is 0.368 e. The third-order valence-electron chi connectivity index (χ3n) is 4.89. The van der Waals surface area contributed by atoms with Crippen LogP contribution in [0.1, 0.15) is 36.0 Å². The number of nitrogens with zero attached hydrogens (tertiary/aromatic N) is 5. The van der Waals surface area contributed by atoms with Gasteiger partial charge in [0.05, 0.1) is 11.3 Å². The van der Waals surface area contributed by atoms with Crippen LogP contribution in [0.3, 0.4) is 0 Å². The highest BCUT2D eigenvalue weighted by Crippen LogP contribution is 2.40.